The molecule has 0 radical (unpaired) electrons. The number of hydrogen-bond acceptors (Lipinski definition) is 2. The monoisotopic (exact) mass is 240 g/mol. The topological polar surface area (TPSA) is 29.3 Å². The molecule has 1 aromatic rings. The second-order valence-corrected chi connectivity index (χ2v) is 4.76. The number of benzene rings is 1. The number of hydrogen-bond donors (Lipinski definition) is 1. The van der Waals surface area contributed by atoms with Crippen molar-refractivity contribution < 1.29 is 8.78 Å². The van der Waals surface area contributed by atoms with Gasteiger partial charge in [0.05, 0.1) is 0 Å². The summed E-state index contributed by atoms with van der Waals surface area (Å²) in [5.74, 6) is 0.472. The Morgan fingerprint density at radius 2 is 2.24 bits per heavy atom. The summed E-state index contributed by atoms with van der Waals surface area (Å²) in [6.45, 7) is 1.61. The van der Waals surface area contributed by atoms with Crippen molar-refractivity contribution in [1.82, 2.24) is 4.90 Å². The molecule has 0 aliphatic carbocycles. The number of nitrogens with two attached hydrogens (primary N) is 1. The summed E-state index contributed by atoms with van der Waals surface area (Å²) in [7, 11) is 2.02. The van der Waals surface area contributed by atoms with E-state index in [1.54, 1.807) is 12.1 Å². The largest absolute Gasteiger partial charge is 0.330 e. The Bertz CT molecular complexity index is 381. The fraction of sp³-hybridized carbons (Fsp3) is 0.538. The molecule has 1 aliphatic heterocycles. The third-order valence-corrected chi connectivity index (χ3v) is 3.52. The van der Waals surface area contributed by atoms with Crippen LogP contribution < -0.4 is 5.73 Å². The molecule has 4 heteroatoms. The number of nitrogens with zero attached hydrogens (tertiary/aromatic N) is 1. The van der Waals surface area contributed by atoms with Crippen LogP contribution in [0.25, 0.3) is 0 Å². The second kappa shape index (κ2) is 5.10. The van der Waals surface area contributed by atoms with Gasteiger partial charge in [-0.2, -0.15) is 0 Å². The summed E-state index contributed by atoms with van der Waals surface area (Å²) in [6.07, 6.45) is -1.44. The van der Waals surface area contributed by atoms with Crippen molar-refractivity contribution in [3.05, 3.63) is 35.4 Å². The van der Waals surface area contributed by atoms with Crippen molar-refractivity contribution >= 4 is 0 Å². The van der Waals surface area contributed by atoms with Crippen molar-refractivity contribution in [2.45, 2.75) is 18.9 Å². The number of rotatable bonds is 3. The van der Waals surface area contributed by atoms with Crippen LogP contribution >= 0.6 is 0 Å². The van der Waals surface area contributed by atoms with Crippen LogP contribution in [0.4, 0.5) is 8.78 Å². The lowest BCUT2D eigenvalue weighted by Gasteiger charge is -2.20. The highest BCUT2D eigenvalue weighted by Crippen LogP contribution is 2.34. The molecule has 1 fully saturated rings. The van der Waals surface area contributed by atoms with Crippen molar-refractivity contribution in [3.8, 4) is 0 Å². The Morgan fingerprint density at radius 3 is 2.82 bits per heavy atom. The first-order valence-electron chi connectivity index (χ1n) is 5.90. The van der Waals surface area contributed by atoms with Gasteiger partial charge in [-0.1, -0.05) is 18.2 Å². The summed E-state index contributed by atoms with van der Waals surface area (Å²) in [4.78, 5) is 2.20. The third-order valence-electron chi connectivity index (χ3n) is 3.52. The van der Waals surface area contributed by atoms with Crippen LogP contribution in [0.1, 0.15) is 30.0 Å². The van der Waals surface area contributed by atoms with Gasteiger partial charge in [-0.25, -0.2) is 8.78 Å². The minimum Gasteiger partial charge on any atom is -0.330 e. The first kappa shape index (κ1) is 12.5. The molecule has 0 saturated carbocycles. The van der Waals surface area contributed by atoms with Crippen LogP contribution in [0, 0.1) is 5.92 Å². The van der Waals surface area contributed by atoms with Gasteiger partial charge in [0.15, 0.2) is 0 Å². The predicted molar refractivity (Wildman–Crippen MR) is 63.9 cm³/mol. The zero-order valence-electron chi connectivity index (χ0n) is 9.94. The zero-order valence-corrected chi connectivity index (χ0v) is 9.94. The van der Waals surface area contributed by atoms with Gasteiger partial charge in [-0.05, 0) is 37.6 Å². The van der Waals surface area contributed by atoms with Gasteiger partial charge in [0.25, 0.3) is 6.43 Å². The van der Waals surface area contributed by atoms with Crippen molar-refractivity contribution in [2.75, 3.05) is 20.1 Å². The van der Waals surface area contributed by atoms with E-state index in [4.69, 9.17) is 5.73 Å². The Morgan fingerprint density at radius 1 is 1.47 bits per heavy atom. The fourth-order valence-electron chi connectivity index (χ4n) is 2.57. The minimum atomic E-state index is -2.40. The van der Waals surface area contributed by atoms with Gasteiger partial charge in [-0.3, -0.25) is 4.90 Å². The predicted octanol–water partition coefficient (Wildman–Crippen LogP) is 2.58. The van der Waals surface area contributed by atoms with Crippen molar-refractivity contribution in [3.63, 3.8) is 0 Å². The summed E-state index contributed by atoms with van der Waals surface area (Å²) in [5, 5.41) is 0. The standard InChI is InChI=1S/C13H18F2N2/c1-17-8-9(7-16)5-12(17)10-3-2-4-11(6-10)13(14)15/h2-4,6,9,12-13H,5,7-8,16H2,1H3. The Kier molecular flexibility index (Phi) is 3.74. The van der Waals surface area contributed by atoms with Crippen LogP contribution in [0.2, 0.25) is 0 Å². The maximum absolute atomic E-state index is 12.6. The van der Waals surface area contributed by atoms with Gasteiger partial charge in [-0.15, -0.1) is 0 Å². The molecule has 1 aliphatic rings. The van der Waals surface area contributed by atoms with E-state index in [9.17, 15) is 8.78 Å². The number of likely N-dealkylation sites (tertiary alicyclic amines) is 1. The van der Waals surface area contributed by atoms with Crippen LogP contribution in [0.5, 0.6) is 0 Å². The highest BCUT2D eigenvalue weighted by molar-refractivity contribution is 5.27. The van der Waals surface area contributed by atoms with E-state index in [1.165, 1.54) is 6.07 Å². The SMILES string of the molecule is CN1CC(CN)CC1c1cccc(C(F)F)c1. The molecule has 2 nitrogen and oxygen atoms in total. The van der Waals surface area contributed by atoms with Gasteiger partial charge in [0.2, 0.25) is 0 Å². The van der Waals surface area contributed by atoms with Gasteiger partial charge in [0, 0.05) is 18.2 Å². The maximum Gasteiger partial charge on any atom is 0.263 e. The molecule has 1 saturated heterocycles. The average molecular weight is 240 g/mol. The van der Waals surface area contributed by atoms with Gasteiger partial charge in [0.1, 0.15) is 0 Å². The highest BCUT2D eigenvalue weighted by atomic mass is 19.3. The lowest BCUT2D eigenvalue weighted by atomic mass is 9.98. The lowest BCUT2D eigenvalue weighted by molar-refractivity contribution is 0.151. The normalized spacial score (nSPS) is 25.7. The molecule has 0 bridgehead atoms. The molecule has 94 valence electrons. The summed E-state index contributed by atoms with van der Waals surface area (Å²) < 4.78 is 25.3. The van der Waals surface area contributed by atoms with E-state index < -0.39 is 6.43 Å². The third kappa shape index (κ3) is 2.64. The molecule has 0 amide bonds. The summed E-state index contributed by atoms with van der Waals surface area (Å²) in [5.41, 5.74) is 6.74. The van der Waals surface area contributed by atoms with E-state index in [0.29, 0.717) is 12.5 Å². The zero-order chi connectivity index (χ0) is 12.4. The van der Waals surface area contributed by atoms with Crippen molar-refractivity contribution in [1.29, 1.82) is 0 Å². The van der Waals surface area contributed by atoms with Gasteiger partial charge >= 0.3 is 0 Å². The molecule has 2 atom stereocenters. The summed E-state index contributed by atoms with van der Waals surface area (Å²) in [6, 6.07) is 6.95. The highest BCUT2D eigenvalue weighted by Gasteiger charge is 2.29. The quantitative estimate of drug-likeness (QED) is 0.879. The smallest absolute Gasteiger partial charge is 0.263 e. The molecule has 0 spiro atoms. The van der Waals surface area contributed by atoms with E-state index in [2.05, 4.69) is 4.90 Å². The number of halogens is 2. The van der Waals surface area contributed by atoms with Crippen LogP contribution in [0.3, 0.4) is 0 Å². The van der Waals surface area contributed by atoms with E-state index in [1.807, 2.05) is 13.1 Å². The maximum atomic E-state index is 12.6. The Balaban J connectivity index is 2.19. The van der Waals surface area contributed by atoms with E-state index in [-0.39, 0.29) is 11.6 Å². The van der Waals surface area contributed by atoms with Crippen LogP contribution in [0.15, 0.2) is 24.3 Å². The Hall–Kier alpha value is -1.00. The molecule has 0 aromatic heterocycles. The molecular formula is C13H18F2N2. The minimum absolute atomic E-state index is 0.104. The van der Waals surface area contributed by atoms with Crippen molar-refractivity contribution in [2.24, 2.45) is 11.7 Å². The summed E-state index contributed by atoms with van der Waals surface area (Å²) >= 11 is 0. The second-order valence-electron chi connectivity index (χ2n) is 4.76. The molecule has 1 aromatic carbocycles. The lowest BCUT2D eigenvalue weighted by Crippen LogP contribution is -2.20. The molecular weight excluding hydrogens is 222 g/mol. The van der Waals surface area contributed by atoms with Crippen LogP contribution in [-0.4, -0.2) is 25.0 Å². The first-order valence-corrected chi connectivity index (χ1v) is 5.90. The molecule has 2 rings (SSSR count). The molecule has 2 N–H and O–H groups in total. The first-order chi connectivity index (χ1) is 8.11. The average Bonchev–Trinajstić information content (AvgIpc) is 2.71. The van der Waals surface area contributed by atoms with Gasteiger partial charge < -0.3 is 5.73 Å². The van der Waals surface area contributed by atoms with E-state index in [0.717, 1.165) is 18.5 Å². The molecule has 1 heterocycles. The molecule has 17 heavy (non-hydrogen) atoms. The fourth-order valence-corrected chi connectivity index (χ4v) is 2.57. The van der Waals surface area contributed by atoms with Crippen LogP contribution in [-0.2, 0) is 0 Å². The number of alkyl halides is 2. The Labute approximate surface area is 100 Å². The van der Waals surface area contributed by atoms with E-state index >= 15 is 0 Å². The molecule has 2 unspecified atom stereocenters.